The molecule has 206 valence electrons. The number of nitrogens with zero attached hydrogens (tertiary/aromatic N) is 5. The molecule has 0 bridgehead atoms. The van der Waals surface area contributed by atoms with Gasteiger partial charge in [0.2, 0.25) is 0 Å². The van der Waals surface area contributed by atoms with E-state index in [9.17, 15) is 13.2 Å². The number of nitrogens with one attached hydrogen (secondary N) is 1. The van der Waals surface area contributed by atoms with Crippen LogP contribution in [0.4, 0.5) is 24.8 Å². The molecule has 2 aromatic heterocycles. The monoisotopic (exact) mass is 592 g/mol. The van der Waals surface area contributed by atoms with Gasteiger partial charge in [-0.1, -0.05) is 23.2 Å². The summed E-state index contributed by atoms with van der Waals surface area (Å²) >= 11 is 14.1. The highest BCUT2D eigenvalue weighted by molar-refractivity contribution is 7.09. The standard InChI is InChI=1S/C21H24Cl2N6OS.C2HF3O2/c1-30-13-20-26-19(25-10-15-8-16(22)2-3-18(15)23)9-21(27-20)29-6-4-28(5-7-29)12-17-11-24-14-31-17;3-2(4,5)1(6)7/h2-3,8-9,11,14H,4-7,10,12-13H2,1H3,(H,25,26,27);(H,6,7). The molecule has 0 saturated carbocycles. The summed E-state index contributed by atoms with van der Waals surface area (Å²) in [6.07, 6.45) is -3.14. The number of rotatable bonds is 8. The van der Waals surface area contributed by atoms with Gasteiger partial charge < -0.3 is 20.1 Å². The molecule has 4 rings (SSSR count). The average Bonchev–Trinajstić information content (AvgIpc) is 3.38. The van der Waals surface area contributed by atoms with Gasteiger partial charge in [0, 0.05) is 73.6 Å². The smallest absolute Gasteiger partial charge is 0.475 e. The second-order valence-corrected chi connectivity index (χ2v) is 9.90. The van der Waals surface area contributed by atoms with E-state index < -0.39 is 12.1 Å². The normalized spacial score (nSPS) is 14.1. The van der Waals surface area contributed by atoms with Crippen LogP contribution in [0.25, 0.3) is 0 Å². The number of methoxy groups -OCH3 is 1. The second kappa shape index (κ2) is 13.9. The first-order valence-electron chi connectivity index (χ1n) is 11.2. The number of hydrogen-bond donors (Lipinski definition) is 2. The molecular weight excluding hydrogens is 568 g/mol. The summed E-state index contributed by atoms with van der Waals surface area (Å²) in [5.74, 6) is -0.473. The van der Waals surface area contributed by atoms with Crippen LogP contribution in [-0.4, -0.2) is 70.4 Å². The van der Waals surface area contributed by atoms with Crippen molar-refractivity contribution in [3.8, 4) is 0 Å². The highest BCUT2D eigenvalue weighted by Gasteiger charge is 2.38. The zero-order chi connectivity index (χ0) is 27.7. The minimum Gasteiger partial charge on any atom is -0.475 e. The Kier molecular flexibility index (Phi) is 10.9. The fourth-order valence-electron chi connectivity index (χ4n) is 3.47. The van der Waals surface area contributed by atoms with Gasteiger partial charge in [-0.3, -0.25) is 9.88 Å². The van der Waals surface area contributed by atoms with E-state index in [0.29, 0.717) is 29.0 Å². The molecule has 0 aliphatic carbocycles. The van der Waals surface area contributed by atoms with Crippen LogP contribution in [0.3, 0.4) is 0 Å². The van der Waals surface area contributed by atoms with Crippen molar-refractivity contribution in [2.24, 2.45) is 0 Å². The summed E-state index contributed by atoms with van der Waals surface area (Å²) < 4.78 is 37.0. The maximum absolute atomic E-state index is 10.6. The van der Waals surface area contributed by atoms with E-state index in [2.05, 4.69) is 25.1 Å². The van der Waals surface area contributed by atoms with Crippen molar-refractivity contribution in [3.05, 3.63) is 62.3 Å². The maximum Gasteiger partial charge on any atom is 0.490 e. The molecule has 3 heterocycles. The number of carboxylic acids is 1. The topological polar surface area (TPSA) is 104 Å². The number of anilines is 2. The van der Waals surface area contributed by atoms with Crippen LogP contribution in [0.2, 0.25) is 10.0 Å². The molecule has 15 heteroatoms. The highest BCUT2D eigenvalue weighted by Crippen LogP contribution is 2.23. The number of halogens is 5. The van der Waals surface area contributed by atoms with Gasteiger partial charge in [0.05, 0.1) is 5.51 Å². The molecule has 1 fully saturated rings. The summed E-state index contributed by atoms with van der Waals surface area (Å²) in [6.45, 7) is 5.58. The molecule has 9 nitrogen and oxygen atoms in total. The van der Waals surface area contributed by atoms with E-state index in [1.165, 1.54) is 4.88 Å². The number of aliphatic carboxylic acids is 1. The SMILES string of the molecule is COCc1nc(NCc2cc(Cl)ccc2Cl)cc(N2CCN(Cc3cncs3)CC2)n1.O=C(O)C(F)(F)F. The molecule has 1 aliphatic rings. The van der Waals surface area contributed by atoms with Crippen LogP contribution in [0.15, 0.2) is 36.0 Å². The number of thiazole rings is 1. The number of hydrogen-bond acceptors (Lipinski definition) is 9. The van der Waals surface area contributed by atoms with Gasteiger partial charge in [-0.15, -0.1) is 11.3 Å². The molecule has 2 N–H and O–H groups in total. The van der Waals surface area contributed by atoms with Crippen molar-refractivity contribution >= 4 is 52.1 Å². The van der Waals surface area contributed by atoms with Crippen LogP contribution in [0, 0.1) is 0 Å². The zero-order valence-electron chi connectivity index (χ0n) is 20.2. The van der Waals surface area contributed by atoms with Crippen LogP contribution >= 0.6 is 34.5 Å². The first-order chi connectivity index (χ1) is 18.0. The molecule has 1 aliphatic heterocycles. The Morgan fingerprint density at radius 2 is 1.89 bits per heavy atom. The van der Waals surface area contributed by atoms with Gasteiger partial charge in [-0.05, 0) is 23.8 Å². The number of piperazine rings is 1. The largest absolute Gasteiger partial charge is 0.490 e. The lowest BCUT2D eigenvalue weighted by Crippen LogP contribution is -2.46. The number of ether oxygens (including phenoxy) is 1. The number of alkyl halides is 3. The van der Waals surface area contributed by atoms with Crippen LogP contribution < -0.4 is 10.2 Å². The van der Waals surface area contributed by atoms with Crippen molar-refractivity contribution < 1.29 is 27.8 Å². The predicted molar refractivity (Wildman–Crippen MR) is 140 cm³/mol. The Morgan fingerprint density at radius 3 is 2.50 bits per heavy atom. The Balaban J connectivity index is 0.000000505. The second-order valence-electron chi connectivity index (χ2n) is 8.08. The number of carboxylic acid groups (broad SMARTS) is 1. The van der Waals surface area contributed by atoms with Crippen LogP contribution in [-0.2, 0) is 29.2 Å². The molecule has 0 spiro atoms. The third-order valence-corrected chi connectivity index (χ3v) is 6.67. The number of carbonyl (C=O) groups is 1. The number of benzene rings is 1. The van der Waals surface area contributed by atoms with Gasteiger partial charge in [-0.2, -0.15) is 13.2 Å². The third kappa shape index (κ3) is 9.24. The fourth-order valence-corrected chi connectivity index (χ4v) is 4.48. The summed E-state index contributed by atoms with van der Waals surface area (Å²) in [4.78, 5) is 28.4. The third-order valence-electron chi connectivity index (χ3n) is 5.30. The van der Waals surface area contributed by atoms with E-state index >= 15 is 0 Å². The van der Waals surface area contributed by atoms with Gasteiger partial charge in [0.25, 0.3) is 0 Å². The van der Waals surface area contributed by atoms with Gasteiger partial charge in [-0.25, -0.2) is 14.8 Å². The Hall–Kier alpha value is -2.71. The van der Waals surface area contributed by atoms with E-state index in [4.69, 9.17) is 42.8 Å². The van der Waals surface area contributed by atoms with Crippen molar-refractivity contribution in [2.75, 3.05) is 43.5 Å². The lowest BCUT2D eigenvalue weighted by Gasteiger charge is -2.35. The molecule has 0 amide bonds. The van der Waals surface area contributed by atoms with Crippen molar-refractivity contribution in [3.63, 3.8) is 0 Å². The van der Waals surface area contributed by atoms with Crippen LogP contribution in [0.1, 0.15) is 16.3 Å². The van der Waals surface area contributed by atoms with Crippen molar-refractivity contribution in [1.29, 1.82) is 0 Å². The van der Waals surface area contributed by atoms with Crippen molar-refractivity contribution in [1.82, 2.24) is 19.9 Å². The zero-order valence-corrected chi connectivity index (χ0v) is 22.5. The lowest BCUT2D eigenvalue weighted by molar-refractivity contribution is -0.192. The molecular formula is C23H25Cl2F3N6O3S. The van der Waals surface area contributed by atoms with Gasteiger partial charge in [0.1, 0.15) is 18.2 Å². The first kappa shape index (κ1) is 29.8. The summed E-state index contributed by atoms with van der Waals surface area (Å²) in [6, 6.07) is 7.42. The molecule has 1 aromatic carbocycles. The molecule has 3 aromatic rings. The van der Waals surface area contributed by atoms with E-state index in [-0.39, 0.29) is 0 Å². The maximum atomic E-state index is 10.6. The minimum atomic E-state index is -5.08. The Bertz CT molecular complexity index is 1200. The highest BCUT2D eigenvalue weighted by atomic mass is 35.5. The fraction of sp³-hybridized carbons (Fsp3) is 0.391. The van der Waals surface area contributed by atoms with Crippen molar-refractivity contribution in [2.45, 2.75) is 25.9 Å². The predicted octanol–water partition coefficient (Wildman–Crippen LogP) is 4.95. The Labute approximate surface area is 231 Å². The molecule has 38 heavy (non-hydrogen) atoms. The molecule has 0 atom stereocenters. The Morgan fingerprint density at radius 1 is 1.18 bits per heavy atom. The van der Waals surface area contributed by atoms with E-state index in [1.54, 1.807) is 30.6 Å². The summed E-state index contributed by atoms with van der Waals surface area (Å²) in [5, 5.41) is 11.8. The summed E-state index contributed by atoms with van der Waals surface area (Å²) in [7, 11) is 1.65. The summed E-state index contributed by atoms with van der Waals surface area (Å²) in [5.41, 5.74) is 2.80. The van der Waals surface area contributed by atoms with Crippen LogP contribution in [0.5, 0.6) is 0 Å². The van der Waals surface area contributed by atoms with Gasteiger partial charge >= 0.3 is 12.1 Å². The number of aromatic nitrogens is 3. The van der Waals surface area contributed by atoms with Gasteiger partial charge in [0.15, 0.2) is 5.82 Å². The van der Waals surface area contributed by atoms with E-state index in [1.807, 2.05) is 23.8 Å². The minimum absolute atomic E-state index is 0.353. The van der Waals surface area contributed by atoms with E-state index in [0.717, 1.165) is 49.9 Å². The quantitative estimate of drug-likeness (QED) is 0.376. The molecule has 1 saturated heterocycles. The first-order valence-corrected chi connectivity index (χ1v) is 12.9. The average molecular weight is 593 g/mol. The molecule has 0 unspecified atom stereocenters. The molecule has 0 radical (unpaired) electrons. The lowest BCUT2D eigenvalue weighted by atomic mass is 10.2.